The first-order valence-electron chi connectivity index (χ1n) is 10.1. The van der Waals surface area contributed by atoms with Gasteiger partial charge in [0.1, 0.15) is 5.54 Å². The third-order valence-electron chi connectivity index (χ3n) is 5.74. The van der Waals surface area contributed by atoms with Gasteiger partial charge in [-0.15, -0.1) is 0 Å². The lowest BCUT2D eigenvalue weighted by molar-refractivity contribution is -0.131. The van der Waals surface area contributed by atoms with Gasteiger partial charge in [-0.25, -0.2) is 17.2 Å². The number of halogens is 2. The molecular formula is C20H28F2N4O3S. The highest BCUT2D eigenvalue weighted by Crippen LogP contribution is 2.29. The van der Waals surface area contributed by atoms with Gasteiger partial charge in [0.25, 0.3) is 5.91 Å². The molecular weight excluding hydrogens is 414 g/mol. The largest absolute Gasteiger partial charge is 0.342 e. The number of piperidine rings is 1. The standard InChI is InChI=1S/C20H28F2N4O3S/c1-13(2)11-20(3)18(27)26(19(23)24-20)12-14-6-8-25(9-7-14)30(28,29)15-4-5-16(21)17(22)10-15/h4-5,10,13-14H,6-9,11-12H2,1-3H3,(H2,23,24). The number of nitrogens with zero attached hydrogens (tertiary/aromatic N) is 2. The van der Waals surface area contributed by atoms with Crippen LogP contribution < -0.4 is 5.32 Å². The highest BCUT2D eigenvalue weighted by molar-refractivity contribution is 7.89. The summed E-state index contributed by atoms with van der Waals surface area (Å²) in [5.74, 6) is -1.99. The van der Waals surface area contributed by atoms with E-state index in [0.717, 1.165) is 12.1 Å². The van der Waals surface area contributed by atoms with Gasteiger partial charge in [-0.2, -0.15) is 4.31 Å². The zero-order valence-electron chi connectivity index (χ0n) is 17.4. The van der Waals surface area contributed by atoms with Crippen LogP contribution >= 0.6 is 0 Å². The van der Waals surface area contributed by atoms with Gasteiger partial charge in [0.05, 0.1) is 4.90 Å². The molecule has 166 valence electrons. The first-order chi connectivity index (χ1) is 13.9. The SMILES string of the molecule is CC(C)CC1(C)NC(=N)N(CC2CCN(S(=O)(=O)c3ccc(F)c(F)c3)CC2)C1=O. The fourth-order valence-electron chi connectivity index (χ4n) is 4.29. The number of hydrogen-bond donors (Lipinski definition) is 2. The molecule has 10 heteroatoms. The maximum Gasteiger partial charge on any atom is 0.254 e. The van der Waals surface area contributed by atoms with Gasteiger partial charge in [-0.3, -0.25) is 15.1 Å². The highest BCUT2D eigenvalue weighted by Gasteiger charge is 2.46. The Morgan fingerprint density at radius 3 is 2.43 bits per heavy atom. The Hall–Kier alpha value is -2.07. The minimum absolute atomic E-state index is 0.0499. The van der Waals surface area contributed by atoms with Crippen molar-refractivity contribution < 1.29 is 22.0 Å². The summed E-state index contributed by atoms with van der Waals surface area (Å²) in [4.78, 5) is 14.0. The van der Waals surface area contributed by atoms with Crippen molar-refractivity contribution >= 4 is 21.9 Å². The van der Waals surface area contributed by atoms with Crippen molar-refractivity contribution in [3.8, 4) is 0 Å². The second kappa shape index (κ2) is 8.22. The van der Waals surface area contributed by atoms with Crippen LogP contribution in [0.1, 0.15) is 40.0 Å². The van der Waals surface area contributed by atoms with Crippen molar-refractivity contribution in [1.29, 1.82) is 5.41 Å². The lowest BCUT2D eigenvalue weighted by atomic mass is 9.90. The van der Waals surface area contributed by atoms with Crippen molar-refractivity contribution in [2.45, 2.75) is 50.5 Å². The van der Waals surface area contributed by atoms with Crippen LogP contribution in [0.25, 0.3) is 0 Å². The molecule has 7 nitrogen and oxygen atoms in total. The lowest BCUT2D eigenvalue weighted by Crippen LogP contribution is -2.46. The molecule has 1 aromatic rings. The number of guanidine groups is 1. The van der Waals surface area contributed by atoms with Gasteiger partial charge in [0.15, 0.2) is 17.6 Å². The van der Waals surface area contributed by atoms with E-state index in [1.807, 2.05) is 13.8 Å². The molecule has 0 aromatic heterocycles. The number of nitrogens with one attached hydrogen (secondary N) is 2. The van der Waals surface area contributed by atoms with Gasteiger partial charge in [0.2, 0.25) is 10.0 Å². The highest BCUT2D eigenvalue weighted by atomic mass is 32.2. The number of amides is 1. The van der Waals surface area contributed by atoms with Crippen LogP contribution in [0.15, 0.2) is 23.1 Å². The minimum atomic E-state index is -3.91. The lowest BCUT2D eigenvalue weighted by Gasteiger charge is -2.33. The van der Waals surface area contributed by atoms with Crippen molar-refractivity contribution in [2.24, 2.45) is 11.8 Å². The molecule has 2 N–H and O–H groups in total. The summed E-state index contributed by atoms with van der Waals surface area (Å²) in [6, 6.07) is 2.56. The Morgan fingerprint density at radius 1 is 1.23 bits per heavy atom. The second-order valence-electron chi connectivity index (χ2n) is 8.74. The van der Waals surface area contributed by atoms with Crippen LogP contribution in [-0.2, 0) is 14.8 Å². The zero-order valence-corrected chi connectivity index (χ0v) is 18.2. The maximum absolute atomic E-state index is 13.5. The van der Waals surface area contributed by atoms with Gasteiger partial charge in [-0.1, -0.05) is 13.8 Å². The van der Waals surface area contributed by atoms with E-state index in [1.165, 1.54) is 9.21 Å². The minimum Gasteiger partial charge on any atom is -0.342 e. The van der Waals surface area contributed by atoms with Crippen LogP contribution in [0.2, 0.25) is 0 Å². The molecule has 2 fully saturated rings. The number of carbonyl (C=O) groups is 1. The summed E-state index contributed by atoms with van der Waals surface area (Å²) in [7, 11) is -3.91. The summed E-state index contributed by atoms with van der Waals surface area (Å²) in [6.07, 6.45) is 1.65. The predicted octanol–water partition coefficient (Wildman–Crippen LogP) is 2.54. The molecule has 2 aliphatic heterocycles. The van der Waals surface area contributed by atoms with Gasteiger partial charge in [-0.05, 0) is 56.2 Å². The summed E-state index contributed by atoms with van der Waals surface area (Å²) >= 11 is 0. The molecule has 2 heterocycles. The van der Waals surface area contributed by atoms with E-state index < -0.39 is 27.2 Å². The first-order valence-corrected chi connectivity index (χ1v) is 11.5. The average Bonchev–Trinajstić information content (AvgIpc) is 2.86. The molecule has 1 atom stereocenters. The van der Waals surface area contributed by atoms with E-state index in [4.69, 9.17) is 5.41 Å². The van der Waals surface area contributed by atoms with E-state index in [1.54, 1.807) is 6.92 Å². The van der Waals surface area contributed by atoms with E-state index in [0.29, 0.717) is 37.8 Å². The van der Waals surface area contributed by atoms with E-state index in [-0.39, 0.29) is 35.8 Å². The molecule has 3 rings (SSSR count). The van der Waals surface area contributed by atoms with Crippen LogP contribution in [0.5, 0.6) is 0 Å². The summed E-state index contributed by atoms with van der Waals surface area (Å²) in [6.45, 7) is 6.65. The van der Waals surface area contributed by atoms with E-state index in [2.05, 4.69) is 5.32 Å². The fraction of sp³-hybridized carbons (Fsp3) is 0.600. The Kier molecular flexibility index (Phi) is 6.20. The summed E-state index contributed by atoms with van der Waals surface area (Å²) in [5.41, 5.74) is -0.790. The van der Waals surface area contributed by atoms with Crippen molar-refractivity contribution in [3.05, 3.63) is 29.8 Å². The molecule has 1 amide bonds. The monoisotopic (exact) mass is 442 g/mol. The summed E-state index contributed by atoms with van der Waals surface area (Å²) in [5, 5.41) is 11.2. The molecule has 0 aliphatic carbocycles. The van der Waals surface area contributed by atoms with Gasteiger partial charge >= 0.3 is 0 Å². The zero-order chi connectivity index (χ0) is 22.3. The maximum atomic E-state index is 13.5. The number of sulfonamides is 1. The van der Waals surface area contributed by atoms with Crippen molar-refractivity contribution in [2.75, 3.05) is 19.6 Å². The molecule has 0 radical (unpaired) electrons. The molecule has 2 saturated heterocycles. The summed E-state index contributed by atoms with van der Waals surface area (Å²) < 4.78 is 53.3. The third-order valence-corrected chi connectivity index (χ3v) is 7.64. The third kappa shape index (κ3) is 4.34. The van der Waals surface area contributed by atoms with Crippen LogP contribution in [-0.4, -0.2) is 54.7 Å². The van der Waals surface area contributed by atoms with Gasteiger partial charge in [0, 0.05) is 19.6 Å². The topological polar surface area (TPSA) is 93.6 Å². The quantitative estimate of drug-likeness (QED) is 0.708. The number of benzene rings is 1. The Labute approximate surface area is 176 Å². The Balaban J connectivity index is 1.62. The van der Waals surface area contributed by atoms with Gasteiger partial charge < -0.3 is 5.32 Å². The molecule has 0 saturated carbocycles. The van der Waals surface area contributed by atoms with Crippen molar-refractivity contribution in [3.63, 3.8) is 0 Å². The smallest absolute Gasteiger partial charge is 0.254 e. The fourth-order valence-corrected chi connectivity index (χ4v) is 5.77. The van der Waals surface area contributed by atoms with Crippen LogP contribution in [0.3, 0.4) is 0 Å². The Morgan fingerprint density at radius 2 is 1.87 bits per heavy atom. The number of carbonyl (C=O) groups excluding carboxylic acids is 1. The average molecular weight is 443 g/mol. The van der Waals surface area contributed by atoms with Crippen LogP contribution in [0, 0.1) is 28.9 Å². The number of rotatable bonds is 6. The number of hydrogen-bond acceptors (Lipinski definition) is 4. The van der Waals surface area contributed by atoms with Crippen molar-refractivity contribution in [1.82, 2.24) is 14.5 Å². The second-order valence-corrected chi connectivity index (χ2v) is 10.7. The molecule has 2 aliphatic rings. The molecule has 30 heavy (non-hydrogen) atoms. The molecule has 1 unspecified atom stereocenters. The molecule has 0 bridgehead atoms. The van der Waals surface area contributed by atoms with E-state index in [9.17, 15) is 22.0 Å². The first kappa shape index (κ1) is 22.6. The van der Waals surface area contributed by atoms with Crippen LogP contribution in [0.4, 0.5) is 8.78 Å². The molecule has 0 spiro atoms. The Bertz CT molecular complexity index is 945. The van der Waals surface area contributed by atoms with E-state index >= 15 is 0 Å². The normalized spacial score (nSPS) is 24.0. The predicted molar refractivity (Wildman–Crippen MR) is 108 cm³/mol. The molecule has 1 aromatic carbocycles.